The highest BCUT2D eigenvalue weighted by Gasteiger charge is 2.37. The van der Waals surface area contributed by atoms with Crippen LogP contribution in [0.15, 0.2) is 12.2 Å². The highest BCUT2D eigenvalue weighted by Crippen LogP contribution is 2.22. The van der Waals surface area contributed by atoms with Crippen LogP contribution in [-0.4, -0.2) is 78.1 Å². The van der Waals surface area contributed by atoms with Crippen molar-refractivity contribution in [3.05, 3.63) is 12.2 Å². The standard InChI is InChI=1S/C28H46N4O7/c1-7-38-23(33)12-11-20(17-19-13-14-29-24(19)34)30-25(35)22(16-18(2)3)32-15-9-8-10-21(26(32)36)31-27(37)39-28(4,5)6/h11-12,18-22H,7-10,13-17H2,1-6H3,(H,29,34)(H,30,35)(H,31,37)/b12-11+/t19?,20-,21+,22+/m1/s1. The second-order valence-electron chi connectivity index (χ2n) is 11.6. The fourth-order valence-electron chi connectivity index (χ4n) is 4.81. The number of carbonyl (C=O) groups is 5. The van der Waals surface area contributed by atoms with Gasteiger partial charge in [0.25, 0.3) is 0 Å². The number of amides is 4. The SMILES string of the molecule is CCOC(=O)/C=C/[C@H](CC1CCNC1=O)NC(=O)[C@H](CC(C)C)N1CCCC[C@H](NC(=O)OC(C)(C)C)C1=O. The minimum absolute atomic E-state index is 0.0868. The Morgan fingerprint density at radius 1 is 1.15 bits per heavy atom. The zero-order valence-electron chi connectivity index (χ0n) is 24.2. The number of nitrogens with one attached hydrogen (secondary N) is 3. The molecule has 0 aromatic rings. The number of hydrogen-bond donors (Lipinski definition) is 3. The van der Waals surface area contributed by atoms with Crippen molar-refractivity contribution < 1.29 is 33.4 Å². The predicted molar refractivity (Wildman–Crippen MR) is 145 cm³/mol. The molecular weight excluding hydrogens is 504 g/mol. The fraction of sp³-hybridized carbons (Fsp3) is 0.750. The van der Waals surface area contributed by atoms with E-state index < -0.39 is 35.8 Å². The Kier molecular flexibility index (Phi) is 12.3. The van der Waals surface area contributed by atoms with Crippen molar-refractivity contribution in [3.8, 4) is 0 Å². The van der Waals surface area contributed by atoms with Gasteiger partial charge in [-0.3, -0.25) is 14.4 Å². The van der Waals surface area contributed by atoms with Crippen LogP contribution in [0.4, 0.5) is 4.79 Å². The summed E-state index contributed by atoms with van der Waals surface area (Å²) in [6.45, 7) is 12.1. The van der Waals surface area contributed by atoms with E-state index in [9.17, 15) is 24.0 Å². The normalized spacial score (nSPS) is 21.8. The fourth-order valence-corrected chi connectivity index (χ4v) is 4.81. The van der Waals surface area contributed by atoms with Crippen LogP contribution in [0, 0.1) is 11.8 Å². The van der Waals surface area contributed by atoms with Gasteiger partial charge in [0.2, 0.25) is 17.7 Å². The van der Waals surface area contributed by atoms with E-state index in [0.29, 0.717) is 51.6 Å². The molecule has 220 valence electrons. The molecule has 0 aliphatic carbocycles. The van der Waals surface area contributed by atoms with Gasteiger partial charge in [0.05, 0.1) is 6.61 Å². The van der Waals surface area contributed by atoms with E-state index in [2.05, 4.69) is 16.0 Å². The summed E-state index contributed by atoms with van der Waals surface area (Å²) in [4.78, 5) is 65.5. The Balaban J connectivity index is 2.24. The van der Waals surface area contributed by atoms with E-state index in [1.165, 1.54) is 6.08 Å². The molecule has 4 amide bonds. The van der Waals surface area contributed by atoms with Crippen molar-refractivity contribution in [2.45, 2.75) is 104 Å². The summed E-state index contributed by atoms with van der Waals surface area (Å²) in [5.74, 6) is -1.52. The maximum absolute atomic E-state index is 13.7. The number of hydrogen-bond acceptors (Lipinski definition) is 7. The lowest BCUT2D eigenvalue weighted by Gasteiger charge is -2.34. The maximum atomic E-state index is 13.7. The van der Waals surface area contributed by atoms with E-state index in [0.717, 1.165) is 0 Å². The van der Waals surface area contributed by atoms with Crippen molar-refractivity contribution in [1.82, 2.24) is 20.9 Å². The van der Waals surface area contributed by atoms with Gasteiger partial charge in [0.1, 0.15) is 17.7 Å². The van der Waals surface area contributed by atoms with Crippen LogP contribution in [0.1, 0.15) is 80.1 Å². The predicted octanol–water partition coefficient (Wildman–Crippen LogP) is 2.44. The minimum Gasteiger partial charge on any atom is -0.463 e. The van der Waals surface area contributed by atoms with Gasteiger partial charge in [0, 0.05) is 31.1 Å². The molecule has 2 fully saturated rings. The van der Waals surface area contributed by atoms with E-state index in [1.54, 1.807) is 38.7 Å². The molecule has 0 bridgehead atoms. The molecule has 39 heavy (non-hydrogen) atoms. The Labute approximate surface area is 231 Å². The molecule has 11 heteroatoms. The first-order valence-electron chi connectivity index (χ1n) is 14.0. The summed E-state index contributed by atoms with van der Waals surface area (Å²) < 4.78 is 10.3. The van der Waals surface area contributed by atoms with Crippen LogP contribution in [0.2, 0.25) is 0 Å². The van der Waals surface area contributed by atoms with Gasteiger partial charge < -0.3 is 30.3 Å². The van der Waals surface area contributed by atoms with Crippen molar-refractivity contribution >= 4 is 29.8 Å². The number of nitrogens with zero attached hydrogens (tertiary/aromatic N) is 1. The smallest absolute Gasteiger partial charge is 0.408 e. The first-order chi connectivity index (χ1) is 18.3. The summed E-state index contributed by atoms with van der Waals surface area (Å²) in [6.07, 6.45) is 5.35. The first-order valence-corrected chi connectivity index (χ1v) is 14.0. The molecule has 2 heterocycles. The largest absolute Gasteiger partial charge is 0.463 e. The van der Waals surface area contributed by atoms with E-state index in [4.69, 9.17) is 9.47 Å². The highest BCUT2D eigenvalue weighted by atomic mass is 16.6. The zero-order valence-corrected chi connectivity index (χ0v) is 24.2. The third-order valence-electron chi connectivity index (χ3n) is 6.57. The Bertz CT molecular complexity index is 912. The second-order valence-corrected chi connectivity index (χ2v) is 11.6. The number of rotatable bonds is 11. The van der Waals surface area contributed by atoms with E-state index >= 15 is 0 Å². The third-order valence-corrected chi connectivity index (χ3v) is 6.57. The average Bonchev–Trinajstić information content (AvgIpc) is 3.14. The van der Waals surface area contributed by atoms with E-state index in [-0.39, 0.29) is 36.2 Å². The second kappa shape index (κ2) is 14.9. The lowest BCUT2D eigenvalue weighted by atomic mass is 9.96. The molecule has 0 radical (unpaired) electrons. The van der Waals surface area contributed by atoms with Crippen LogP contribution in [0.25, 0.3) is 0 Å². The van der Waals surface area contributed by atoms with Crippen molar-refractivity contribution in [2.75, 3.05) is 19.7 Å². The number of alkyl carbamates (subject to hydrolysis) is 1. The number of esters is 1. The Morgan fingerprint density at radius 3 is 2.46 bits per heavy atom. The molecule has 2 rings (SSSR count). The van der Waals surface area contributed by atoms with Gasteiger partial charge in [0.15, 0.2) is 0 Å². The van der Waals surface area contributed by atoms with Crippen molar-refractivity contribution in [1.29, 1.82) is 0 Å². The van der Waals surface area contributed by atoms with E-state index in [1.807, 2.05) is 13.8 Å². The topological polar surface area (TPSA) is 143 Å². The molecule has 2 aliphatic heterocycles. The van der Waals surface area contributed by atoms with Crippen LogP contribution in [-0.2, 0) is 28.7 Å². The third kappa shape index (κ3) is 10.9. The molecule has 11 nitrogen and oxygen atoms in total. The summed E-state index contributed by atoms with van der Waals surface area (Å²) >= 11 is 0. The van der Waals surface area contributed by atoms with Gasteiger partial charge >= 0.3 is 12.1 Å². The van der Waals surface area contributed by atoms with Crippen molar-refractivity contribution in [3.63, 3.8) is 0 Å². The van der Waals surface area contributed by atoms with Gasteiger partial charge in [-0.1, -0.05) is 19.9 Å². The highest BCUT2D eigenvalue weighted by molar-refractivity contribution is 5.92. The molecule has 0 aromatic carbocycles. The number of carbonyl (C=O) groups excluding carboxylic acids is 5. The molecule has 0 spiro atoms. The molecule has 0 saturated carbocycles. The molecule has 2 saturated heterocycles. The van der Waals surface area contributed by atoms with Gasteiger partial charge in [-0.15, -0.1) is 0 Å². The zero-order chi connectivity index (χ0) is 29.2. The Morgan fingerprint density at radius 2 is 1.87 bits per heavy atom. The molecular formula is C28H46N4O7. The van der Waals surface area contributed by atoms with Crippen LogP contribution < -0.4 is 16.0 Å². The number of likely N-dealkylation sites (tertiary alicyclic amines) is 1. The van der Waals surface area contributed by atoms with Crippen LogP contribution >= 0.6 is 0 Å². The average molecular weight is 551 g/mol. The summed E-state index contributed by atoms with van der Waals surface area (Å²) in [5.41, 5.74) is -0.708. The van der Waals surface area contributed by atoms with Crippen LogP contribution in [0.5, 0.6) is 0 Å². The van der Waals surface area contributed by atoms with Gasteiger partial charge in [-0.25, -0.2) is 9.59 Å². The van der Waals surface area contributed by atoms with Crippen molar-refractivity contribution in [2.24, 2.45) is 11.8 Å². The first kappa shape index (κ1) is 32.1. The summed E-state index contributed by atoms with van der Waals surface area (Å²) in [7, 11) is 0. The lowest BCUT2D eigenvalue weighted by molar-refractivity contribution is -0.142. The molecule has 0 aromatic heterocycles. The molecule has 2 aliphatic rings. The summed E-state index contributed by atoms with van der Waals surface area (Å²) in [5, 5.41) is 8.46. The molecule has 4 atom stereocenters. The van der Waals surface area contributed by atoms with Gasteiger partial charge in [-0.2, -0.15) is 0 Å². The van der Waals surface area contributed by atoms with Gasteiger partial charge in [-0.05, 0) is 72.1 Å². The maximum Gasteiger partial charge on any atom is 0.408 e. The Hall–Kier alpha value is -3.11. The quantitative estimate of drug-likeness (QED) is 0.265. The van der Waals surface area contributed by atoms with Crippen LogP contribution in [0.3, 0.4) is 0 Å². The molecule has 3 N–H and O–H groups in total. The lowest BCUT2D eigenvalue weighted by Crippen LogP contribution is -2.56. The summed E-state index contributed by atoms with van der Waals surface area (Å²) in [6, 6.07) is -2.19. The minimum atomic E-state index is -0.800. The molecule has 1 unspecified atom stereocenters. The number of ether oxygens (including phenoxy) is 2. The monoisotopic (exact) mass is 550 g/mol.